The number of aromatic amines is 1. The molecule has 0 bridgehead atoms. The summed E-state index contributed by atoms with van der Waals surface area (Å²) in [4.78, 5) is 16.0. The second kappa shape index (κ2) is 6.20. The summed E-state index contributed by atoms with van der Waals surface area (Å²) in [5, 5.41) is 6.66. The highest BCUT2D eigenvalue weighted by atomic mass is 32.2. The molecule has 2 rings (SSSR count). The summed E-state index contributed by atoms with van der Waals surface area (Å²) in [5.41, 5.74) is 0.886. The lowest BCUT2D eigenvalue weighted by atomic mass is 10.1. The van der Waals surface area contributed by atoms with Gasteiger partial charge in [-0.2, -0.15) is 5.10 Å². The standard InChI is InChI=1S/C12H13N3O2S/c1-2-17-11(16)10(9-6-4-3-5-7-9)18-12-13-8-14-15-12/h3-8,10H,2H2,1H3,(H,13,14,15). The summed E-state index contributed by atoms with van der Waals surface area (Å²) >= 11 is 1.29. The van der Waals surface area contributed by atoms with Gasteiger partial charge >= 0.3 is 5.97 Å². The van der Waals surface area contributed by atoms with Crippen LogP contribution in [-0.2, 0) is 9.53 Å². The van der Waals surface area contributed by atoms with Gasteiger partial charge in [-0.05, 0) is 12.5 Å². The quantitative estimate of drug-likeness (QED) is 0.661. The number of thioether (sulfide) groups is 1. The van der Waals surface area contributed by atoms with Crippen molar-refractivity contribution < 1.29 is 9.53 Å². The zero-order valence-corrected chi connectivity index (χ0v) is 10.7. The first-order chi connectivity index (χ1) is 8.81. The maximum atomic E-state index is 12.0. The highest BCUT2D eigenvalue weighted by molar-refractivity contribution is 8.00. The average Bonchev–Trinajstić information content (AvgIpc) is 2.90. The molecule has 1 aromatic carbocycles. The molecule has 0 saturated heterocycles. The summed E-state index contributed by atoms with van der Waals surface area (Å²) in [5.74, 6) is -0.273. The Kier molecular flexibility index (Phi) is 4.35. The highest BCUT2D eigenvalue weighted by Crippen LogP contribution is 2.33. The van der Waals surface area contributed by atoms with Crippen LogP contribution in [0.4, 0.5) is 0 Å². The first-order valence-corrected chi connectivity index (χ1v) is 6.43. The van der Waals surface area contributed by atoms with Gasteiger partial charge in [0.2, 0.25) is 0 Å². The van der Waals surface area contributed by atoms with Gasteiger partial charge in [0, 0.05) is 0 Å². The molecule has 6 heteroatoms. The number of ether oxygens (including phenoxy) is 1. The molecule has 1 heterocycles. The number of esters is 1. The Morgan fingerprint density at radius 3 is 2.83 bits per heavy atom. The number of carbonyl (C=O) groups excluding carboxylic acids is 1. The number of rotatable bonds is 5. The molecule has 0 fully saturated rings. The van der Waals surface area contributed by atoms with E-state index in [2.05, 4.69) is 15.2 Å². The van der Waals surface area contributed by atoms with Crippen LogP contribution in [0.2, 0.25) is 0 Å². The topological polar surface area (TPSA) is 67.9 Å². The molecule has 18 heavy (non-hydrogen) atoms. The second-order valence-electron chi connectivity index (χ2n) is 3.45. The molecule has 1 N–H and O–H groups in total. The SMILES string of the molecule is CCOC(=O)C(Sc1ncn[nH]1)c1ccccc1. The monoisotopic (exact) mass is 263 g/mol. The molecule has 0 saturated carbocycles. The van der Waals surface area contributed by atoms with Crippen molar-refractivity contribution in [2.45, 2.75) is 17.3 Å². The largest absolute Gasteiger partial charge is 0.465 e. The van der Waals surface area contributed by atoms with E-state index < -0.39 is 5.25 Å². The molecule has 0 amide bonds. The predicted molar refractivity (Wildman–Crippen MR) is 68.1 cm³/mol. The normalized spacial score (nSPS) is 12.1. The Hall–Kier alpha value is -1.82. The van der Waals surface area contributed by atoms with Crippen LogP contribution in [0.15, 0.2) is 41.8 Å². The first-order valence-electron chi connectivity index (χ1n) is 5.55. The van der Waals surface area contributed by atoms with Crippen molar-refractivity contribution in [2.24, 2.45) is 0 Å². The van der Waals surface area contributed by atoms with Crippen molar-refractivity contribution in [3.8, 4) is 0 Å². The van der Waals surface area contributed by atoms with Crippen LogP contribution in [0.5, 0.6) is 0 Å². The fraction of sp³-hybridized carbons (Fsp3) is 0.250. The summed E-state index contributed by atoms with van der Waals surface area (Å²) in [6, 6.07) is 9.48. The van der Waals surface area contributed by atoms with Crippen LogP contribution in [-0.4, -0.2) is 27.8 Å². The minimum absolute atomic E-state index is 0.273. The molecule has 0 aliphatic heterocycles. The third-order valence-electron chi connectivity index (χ3n) is 2.23. The van der Waals surface area contributed by atoms with E-state index >= 15 is 0 Å². The van der Waals surface area contributed by atoms with Gasteiger partial charge in [-0.15, -0.1) is 0 Å². The van der Waals surface area contributed by atoms with E-state index in [9.17, 15) is 4.79 Å². The van der Waals surface area contributed by atoms with Crippen molar-refractivity contribution in [2.75, 3.05) is 6.61 Å². The van der Waals surface area contributed by atoms with Crippen LogP contribution in [0.3, 0.4) is 0 Å². The number of benzene rings is 1. The Morgan fingerprint density at radius 1 is 1.44 bits per heavy atom. The summed E-state index contributed by atoms with van der Waals surface area (Å²) in [7, 11) is 0. The van der Waals surface area contributed by atoms with Gasteiger partial charge in [-0.25, -0.2) is 4.98 Å². The lowest BCUT2D eigenvalue weighted by Crippen LogP contribution is -2.13. The molecule has 1 aromatic heterocycles. The van der Waals surface area contributed by atoms with E-state index in [1.165, 1.54) is 18.1 Å². The first kappa shape index (κ1) is 12.6. The number of carbonyl (C=O) groups is 1. The molecular formula is C12H13N3O2S. The molecule has 1 atom stereocenters. The van der Waals surface area contributed by atoms with Crippen molar-refractivity contribution in [3.05, 3.63) is 42.2 Å². The maximum Gasteiger partial charge on any atom is 0.324 e. The Balaban J connectivity index is 2.20. The van der Waals surface area contributed by atoms with Gasteiger partial charge in [-0.1, -0.05) is 42.1 Å². The van der Waals surface area contributed by atoms with E-state index in [0.717, 1.165) is 5.56 Å². The van der Waals surface area contributed by atoms with E-state index in [1.807, 2.05) is 30.3 Å². The zero-order valence-electron chi connectivity index (χ0n) is 9.87. The van der Waals surface area contributed by atoms with Crippen LogP contribution in [0.25, 0.3) is 0 Å². The average molecular weight is 263 g/mol. The minimum Gasteiger partial charge on any atom is -0.465 e. The lowest BCUT2D eigenvalue weighted by molar-refractivity contribution is -0.142. The smallest absolute Gasteiger partial charge is 0.324 e. The van der Waals surface area contributed by atoms with Crippen molar-refractivity contribution in [1.29, 1.82) is 0 Å². The third kappa shape index (κ3) is 3.10. The van der Waals surface area contributed by atoms with E-state index in [4.69, 9.17) is 4.74 Å². The molecule has 2 aromatic rings. The molecule has 94 valence electrons. The Labute approximate surface area is 109 Å². The molecule has 0 aliphatic carbocycles. The van der Waals surface area contributed by atoms with Gasteiger partial charge < -0.3 is 4.74 Å². The van der Waals surface area contributed by atoms with Gasteiger partial charge in [0.15, 0.2) is 5.16 Å². The van der Waals surface area contributed by atoms with Crippen LogP contribution in [0.1, 0.15) is 17.7 Å². The van der Waals surface area contributed by atoms with Gasteiger partial charge in [0.1, 0.15) is 11.6 Å². The number of hydrogen-bond acceptors (Lipinski definition) is 5. The molecular weight excluding hydrogens is 250 g/mol. The molecule has 0 spiro atoms. The lowest BCUT2D eigenvalue weighted by Gasteiger charge is -2.13. The van der Waals surface area contributed by atoms with Gasteiger partial charge in [0.05, 0.1) is 6.61 Å². The van der Waals surface area contributed by atoms with E-state index in [1.54, 1.807) is 6.92 Å². The van der Waals surface area contributed by atoms with Gasteiger partial charge in [-0.3, -0.25) is 9.89 Å². The number of nitrogens with zero attached hydrogens (tertiary/aromatic N) is 2. The van der Waals surface area contributed by atoms with Crippen LogP contribution >= 0.6 is 11.8 Å². The third-order valence-corrected chi connectivity index (χ3v) is 3.35. The minimum atomic E-state index is -0.431. The van der Waals surface area contributed by atoms with Gasteiger partial charge in [0.25, 0.3) is 0 Å². The van der Waals surface area contributed by atoms with E-state index in [-0.39, 0.29) is 5.97 Å². The van der Waals surface area contributed by atoms with Crippen LogP contribution in [0, 0.1) is 0 Å². The van der Waals surface area contributed by atoms with Crippen molar-refractivity contribution in [3.63, 3.8) is 0 Å². The highest BCUT2D eigenvalue weighted by Gasteiger charge is 2.24. The Bertz CT molecular complexity index is 487. The van der Waals surface area contributed by atoms with E-state index in [0.29, 0.717) is 11.8 Å². The summed E-state index contributed by atoms with van der Waals surface area (Å²) in [6.45, 7) is 2.15. The maximum absolute atomic E-state index is 12.0. The number of aromatic nitrogens is 3. The zero-order chi connectivity index (χ0) is 12.8. The van der Waals surface area contributed by atoms with Crippen molar-refractivity contribution in [1.82, 2.24) is 15.2 Å². The summed E-state index contributed by atoms with van der Waals surface area (Å²) in [6.07, 6.45) is 1.41. The number of H-pyrrole nitrogens is 1. The fourth-order valence-corrected chi connectivity index (χ4v) is 2.35. The number of nitrogens with one attached hydrogen (secondary N) is 1. The predicted octanol–water partition coefficient (Wildman–Crippen LogP) is 2.20. The van der Waals surface area contributed by atoms with Crippen molar-refractivity contribution >= 4 is 17.7 Å². The second-order valence-corrected chi connectivity index (χ2v) is 4.55. The molecule has 5 nitrogen and oxygen atoms in total. The number of hydrogen-bond donors (Lipinski definition) is 1. The fourth-order valence-electron chi connectivity index (χ4n) is 1.46. The summed E-state index contributed by atoms with van der Waals surface area (Å²) < 4.78 is 5.09. The Morgan fingerprint density at radius 2 is 2.22 bits per heavy atom. The molecule has 1 unspecified atom stereocenters. The molecule has 0 aliphatic rings. The molecule has 0 radical (unpaired) electrons. The van der Waals surface area contributed by atoms with Crippen LogP contribution < -0.4 is 0 Å².